The molecule has 160 valence electrons. The summed E-state index contributed by atoms with van der Waals surface area (Å²) in [5.74, 6) is 1.31. The summed E-state index contributed by atoms with van der Waals surface area (Å²) in [6.45, 7) is 9.18. The predicted octanol–water partition coefficient (Wildman–Crippen LogP) is 4.03. The van der Waals surface area contributed by atoms with E-state index in [2.05, 4.69) is 34.4 Å². The second-order valence-corrected chi connectivity index (χ2v) is 6.43. The number of nitrogens with zero attached hydrogens (tertiary/aromatic N) is 2. The molecule has 0 spiro atoms. The van der Waals surface area contributed by atoms with Gasteiger partial charge in [-0.15, -0.1) is 24.0 Å². The Morgan fingerprint density at radius 1 is 1.00 bits per heavy atom. The van der Waals surface area contributed by atoms with E-state index < -0.39 is 0 Å². The lowest BCUT2D eigenvalue weighted by Crippen LogP contribution is -2.36. The Morgan fingerprint density at radius 2 is 1.66 bits per heavy atom. The minimum Gasteiger partial charge on any atom is -0.492 e. The molecule has 0 aliphatic heterocycles. The van der Waals surface area contributed by atoms with Gasteiger partial charge in [0, 0.05) is 26.7 Å². The molecule has 0 aromatic heterocycles. The van der Waals surface area contributed by atoms with Crippen LogP contribution in [-0.2, 0) is 13.1 Å². The first kappa shape index (κ1) is 25.2. The van der Waals surface area contributed by atoms with Crippen molar-refractivity contribution in [2.24, 2.45) is 4.99 Å². The van der Waals surface area contributed by atoms with Crippen LogP contribution in [0.25, 0.3) is 0 Å². The third-order valence-corrected chi connectivity index (χ3v) is 4.53. The monoisotopic (exact) mass is 514 g/mol. The van der Waals surface area contributed by atoms with Crippen LogP contribution in [0.3, 0.4) is 0 Å². The van der Waals surface area contributed by atoms with Crippen LogP contribution >= 0.6 is 24.0 Å². The van der Waals surface area contributed by atoms with Gasteiger partial charge in [0.2, 0.25) is 0 Å². The van der Waals surface area contributed by atoms with Crippen molar-refractivity contribution in [3.05, 3.63) is 65.5 Å². The van der Waals surface area contributed by atoms with E-state index in [1.807, 2.05) is 30.3 Å². The fraction of sp³-hybridized carbons (Fsp3) is 0.409. The number of hydrogen-bond acceptors (Lipinski definition) is 3. The topological polar surface area (TPSA) is 48.9 Å². The van der Waals surface area contributed by atoms with Crippen LogP contribution in [0.2, 0.25) is 0 Å². The van der Waals surface area contributed by atoms with Crippen LogP contribution in [0.5, 0.6) is 5.75 Å². The molecule has 0 radical (unpaired) electrons. The van der Waals surface area contributed by atoms with Gasteiger partial charge in [0.15, 0.2) is 5.96 Å². The van der Waals surface area contributed by atoms with Crippen LogP contribution < -0.4 is 15.4 Å². The molecule has 0 aliphatic rings. The molecule has 0 saturated carbocycles. The third kappa shape index (κ3) is 9.45. The van der Waals surface area contributed by atoms with Crippen molar-refractivity contribution in [2.75, 3.05) is 33.3 Å². The molecule has 29 heavy (non-hydrogen) atoms. The molecule has 0 amide bonds. The van der Waals surface area contributed by atoms with E-state index in [9.17, 15) is 4.39 Å². The molecule has 7 heteroatoms. The maximum atomic E-state index is 13.2. The Balaban J connectivity index is 0.00000420. The van der Waals surface area contributed by atoms with E-state index in [4.69, 9.17) is 4.74 Å². The van der Waals surface area contributed by atoms with Crippen molar-refractivity contribution < 1.29 is 9.13 Å². The van der Waals surface area contributed by atoms with Gasteiger partial charge in [-0.25, -0.2) is 4.39 Å². The smallest absolute Gasteiger partial charge is 0.191 e. The molecule has 0 saturated heterocycles. The van der Waals surface area contributed by atoms with Gasteiger partial charge in [-0.3, -0.25) is 4.99 Å². The SMILES string of the molecule is CCN(CC)CCOc1ccc(CNC(=NC)NCc2cccc(F)c2)cc1.I. The first-order valence-electron chi connectivity index (χ1n) is 9.77. The molecule has 2 N–H and O–H groups in total. The highest BCUT2D eigenvalue weighted by Crippen LogP contribution is 2.12. The van der Waals surface area contributed by atoms with Gasteiger partial charge >= 0.3 is 0 Å². The Hall–Kier alpha value is -1.87. The largest absolute Gasteiger partial charge is 0.492 e. The number of rotatable bonds is 10. The van der Waals surface area contributed by atoms with Crippen LogP contribution in [0.15, 0.2) is 53.5 Å². The molecule has 0 heterocycles. The van der Waals surface area contributed by atoms with Crippen molar-refractivity contribution in [1.82, 2.24) is 15.5 Å². The third-order valence-electron chi connectivity index (χ3n) is 4.53. The number of likely N-dealkylation sites (N-methyl/N-ethyl adjacent to an activating group) is 1. The van der Waals surface area contributed by atoms with Gasteiger partial charge in [0.05, 0.1) is 0 Å². The zero-order valence-corrected chi connectivity index (χ0v) is 19.8. The summed E-state index contributed by atoms with van der Waals surface area (Å²) in [6.07, 6.45) is 0. The summed E-state index contributed by atoms with van der Waals surface area (Å²) >= 11 is 0. The molecular formula is C22H32FIN4O. The number of aliphatic imine (C=N–C) groups is 1. The number of ether oxygens (including phenoxy) is 1. The highest BCUT2D eigenvalue weighted by Gasteiger charge is 2.02. The van der Waals surface area contributed by atoms with Gasteiger partial charge in [-0.05, 0) is 48.5 Å². The van der Waals surface area contributed by atoms with E-state index in [0.29, 0.717) is 25.7 Å². The minimum absolute atomic E-state index is 0. The average molecular weight is 514 g/mol. The van der Waals surface area contributed by atoms with Gasteiger partial charge in [-0.1, -0.05) is 38.1 Å². The molecular weight excluding hydrogens is 482 g/mol. The molecule has 0 unspecified atom stereocenters. The summed E-state index contributed by atoms with van der Waals surface area (Å²) in [4.78, 5) is 6.54. The first-order chi connectivity index (χ1) is 13.6. The summed E-state index contributed by atoms with van der Waals surface area (Å²) < 4.78 is 19.1. The van der Waals surface area contributed by atoms with Gasteiger partial charge in [0.25, 0.3) is 0 Å². The quantitative estimate of drug-likeness (QED) is 0.286. The average Bonchev–Trinajstić information content (AvgIpc) is 2.72. The molecule has 2 aromatic carbocycles. The van der Waals surface area contributed by atoms with Crippen molar-refractivity contribution in [3.63, 3.8) is 0 Å². The zero-order chi connectivity index (χ0) is 20.2. The Bertz CT molecular complexity index is 736. The van der Waals surface area contributed by atoms with Crippen LogP contribution in [-0.4, -0.2) is 44.1 Å². The Morgan fingerprint density at radius 3 is 2.24 bits per heavy atom. The first-order valence-corrected chi connectivity index (χ1v) is 9.77. The van der Waals surface area contributed by atoms with Gasteiger partial charge in [0.1, 0.15) is 18.2 Å². The maximum Gasteiger partial charge on any atom is 0.191 e. The number of nitrogens with one attached hydrogen (secondary N) is 2. The van der Waals surface area contributed by atoms with E-state index in [0.717, 1.165) is 36.5 Å². The molecule has 0 atom stereocenters. The normalized spacial score (nSPS) is 11.1. The predicted molar refractivity (Wildman–Crippen MR) is 129 cm³/mol. The van der Waals surface area contributed by atoms with Gasteiger partial charge in [-0.2, -0.15) is 0 Å². The van der Waals surface area contributed by atoms with Crippen LogP contribution in [0.4, 0.5) is 4.39 Å². The minimum atomic E-state index is -0.235. The molecule has 0 bridgehead atoms. The van der Waals surface area contributed by atoms with Gasteiger partial charge < -0.3 is 20.3 Å². The van der Waals surface area contributed by atoms with E-state index in [-0.39, 0.29) is 29.8 Å². The zero-order valence-electron chi connectivity index (χ0n) is 17.5. The Kier molecular flexibility index (Phi) is 12.3. The lowest BCUT2D eigenvalue weighted by molar-refractivity contribution is 0.223. The van der Waals surface area contributed by atoms with Crippen LogP contribution in [0, 0.1) is 5.82 Å². The molecule has 2 rings (SSSR count). The molecule has 5 nitrogen and oxygen atoms in total. The van der Waals surface area contributed by atoms with Crippen molar-refractivity contribution in [2.45, 2.75) is 26.9 Å². The molecule has 0 aliphatic carbocycles. The highest BCUT2D eigenvalue weighted by molar-refractivity contribution is 14.0. The molecule has 2 aromatic rings. The number of guanidine groups is 1. The second kappa shape index (κ2) is 14.2. The number of halogens is 2. The Labute approximate surface area is 190 Å². The lowest BCUT2D eigenvalue weighted by atomic mass is 10.2. The standard InChI is InChI=1S/C22H31FN4O.HI/c1-4-27(5-2)13-14-28-21-11-9-18(10-12-21)16-25-22(24-3)26-17-19-7-6-8-20(23)15-19;/h6-12,15H,4-5,13-14,16-17H2,1-3H3,(H2,24,25,26);1H. The van der Waals surface area contributed by atoms with Crippen LogP contribution in [0.1, 0.15) is 25.0 Å². The van der Waals surface area contributed by atoms with Crippen molar-refractivity contribution >= 4 is 29.9 Å². The summed E-state index contributed by atoms with van der Waals surface area (Å²) in [7, 11) is 1.72. The molecule has 0 fully saturated rings. The highest BCUT2D eigenvalue weighted by atomic mass is 127. The fourth-order valence-electron chi connectivity index (χ4n) is 2.78. The number of hydrogen-bond donors (Lipinski definition) is 2. The van der Waals surface area contributed by atoms with Crippen molar-refractivity contribution in [1.29, 1.82) is 0 Å². The number of benzene rings is 2. The van der Waals surface area contributed by atoms with E-state index in [1.54, 1.807) is 13.1 Å². The summed E-state index contributed by atoms with van der Waals surface area (Å²) in [5.41, 5.74) is 2.00. The fourth-order valence-corrected chi connectivity index (χ4v) is 2.78. The lowest BCUT2D eigenvalue weighted by Gasteiger charge is -2.18. The van der Waals surface area contributed by atoms with Crippen molar-refractivity contribution in [3.8, 4) is 5.75 Å². The second-order valence-electron chi connectivity index (χ2n) is 6.43. The van der Waals surface area contributed by atoms with E-state index >= 15 is 0 Å². The van der Waals surface area contributed by atoms with E-state index in [1.165, 1.54) is 12.1 Å². The summed E-state index contributed by atoms with van der Waals surface area (Å²) in [6, 6.07) is 14.6. The summed E-state index contributed by atoms with van der Waals surface area (Å²) in [5, 5.41) is 6.45. The maximum absolute atomic E-state index is 13.2.